The summed E-state index contributed by atoms with van der Waals surface area (Å²) in [5.74, 6) is 1.18. The standard InChI is InChI=1S/C5H6ClNOS/c6-2-3-8-5-1-4-9-7-5/h1,4H,2-3H2. The van der Waals surface area contributed by atoms with Crippen molar-refractivity contribution >= 4 is 23.1 Å². The minimum atomic E-state index is 0.511. The van der Waals surface area contributed by atoms with Crippen molar-refractivity contribution in [3.63, 3.8) is 0 Å². The summed E-state index contributed by atoms with van der Waals surface area (Å²) in [6.45, 7) is 0.533. The highest BCUT2D eigenvalue weighted by atomic mass is 35.5. The monoisotopic (exact) mass is 163 g/mol. The highest BCUT2D eigenvalue weighted by molar-refractivity contribution is 7.03. The molecule has 0 N–H and O–H groups in total. The lowest BCUT2D eigenvalue weighted by Crippen LogP contribution is -1.97. The molecule has 0 aromatic carbocycles. The quantitative estimate of drug-likeness (QED) is 0.634. The van der Waals surface area contributed by atoms with E-state index in [1.54, 1.807) is 0 Å². The van der Waals surface area contributed by atoms with Crippen molar-refractivity contribution in [2.24, 2.45) is 0 Å². The summed E-state index contributed by atoms with van der Waals surface area (Å²) < 4.78 is 8.98. The van der Waals surface area contributed by atoms with Crippen LogP contribution in [0.2, 0.25) is 0 Å². The lowest BCUT2D eigenvalue weighted by atomic mass is 10.7. The highest BCUT2D eigenvalue weighted by Crippen LogP contribution is 2.07. The zero-order valence-corrected chi connectivity index (χ0v) is 6.28. The SMILES string of the molecule is ClCCOc1ccsn1. The lowest BCUT2D eigenvalue weighted by Gasteiger charge is -1.95. The fourth-order valence-corrected chi connectivity index (χ4v) is 0.952. The Kier molecular flexibility index (Phi) is 2.80. The smallest absolute Gasteiger partial charge is 0.225 e. The van der Waals surface area contributed by atoms with Crippen LogP contribution in [0.5, 0.6) is 5.88 Å². The molecule has 0 saturated heterocycles. The molecule has 0 fully saturated rings. The predicted molar refractivity (Wildman–Crippen MR) is 38.3 cm³/mol. The van der Waals surface area contributed by atoms with Gasteiger partial charge in [-0.05, 0) is 11.5 Å². The summed E-state index contributed by atoms with van der Waals surface area (Å²) in [5.41, 5.74) is 0. The van der Waals surface area contributed by atoms with Crippen LogP contribution < -0.4 is 4.74 Å². The van der Waals surface area contributed by atoms with Crippen LogP contribution >= 0.6 is 23.1 Å². The third kappa shape index (κ3) is 2.20. The van der Waals surface area contributed by atoms with E-state index < -0.39 is 0 Å². The van der Waals surface area contributed by atoms with Crippen LogP contribution in [0, 0.1) is 0 Å². The van der Waals surface area contributed by atoms with E-state index in [9.17, 15) is 0 Å². The van der Waals surface area contributed by atoms with Gasteiger partial charge < -0.3 is 4.74 Å². The van der Waals surface area contributed by atoms with Crippen molar-refractivity contribution in [3.05, 3.63) is 11.4 Å². The third-order valence-electron chi connectivity index (χ3n) is 0.741. The molecule has 0 saturated carbocycles. The van der Waals surface area contributed by atoms with E-state index in [-0.39, 0.29) is 0 Å². The minimum absolute atomic E-state index is 0.511. The summed E-state index contributed by atoms with van der Waals surface area (Å²) >= 11 is 6.74. The normalized spacial score (nSPS) is 9.44. The molecule has 1 heterocycles. The van der Waals surface area contributed by atoms with E-state index >= 15 is 0 Å². The summed E-state index contributed by atoms with van der Waals surface area (Å²) in [5, 5.41) is 1.86. The second-order valence-corrected chi connectivity index (χ2v) is 2.42. The maximum Gasteiger partial charge on any atom is 0.225 e. The van der Waals surface area contributed by atoms with Crippen molar-refractivity contribution in [3.8, 4) is 5.88 Å². The molecular formula is C5H6ClNOS. The molecule has 9 heavy (non-hydrogen) atoms. The summed E-state index contributed by atoms with van der Waals surface area (Å²) in [4.78, 5) is 0. The molecule has 0 aliphatic heterocycles. The topological polar surface area (TPSA) is 22.1 Å². The molecule has 0 amide bonds. The van der Waals surface area contributed by atoms with Crippen LogP contribution in [0.25, 0.3) is 0 Å². The summed E-state index contributed by atoms with van der Waals surface area (Å²) in [7, 11) is 0. The van der Waals surface area contributed by atoms with Gasteiger partial charge in [0.2, 0.25) is 5.88 Å². The first-order valence-electron chi connectivity index (χ1n) is 2.52. The van der Waals surface area contributed by atoms with Gasteiger partial charge in [0.05, 0.1) is 5.88 Å². The Hall–Kier alpha value is -0.280. The van der Waals surface area contributed by atoms with E-state index in [4.69, 9.17) is 16.3 Å². The number of alkyl halides is 1. The first kappa shape index (κ1) is 6.83. The van der Waals surface area contributed by atoms with Crippen molar-refractivity contribution in [2.75, 3.05) is 12.5 Å². The number of ether oxygens (including phenoxy) is 1. The van der Waals surface area contributed by atoms with Crippen LogP contribution in [0.3, 0.4) is 0 Å². The van der Waals surface area contributed by atoms with Gasteiger partial charge in [0, 0.05) is 11.4 Å². The maximum absolute atomic E-state index is 5.37. The molecule has 4 heteroatoms. The lowest BCUT2D eigenvalue weighted by molar-refractivity contribution is 0.333. The number of halogens is 1. The van der Waals surface area contributed by atoms with E-state index in [1.165, 1.54) is 11.5 Å². The Balaban J connectivity index is 2.30. The van der Waals surface area contributed by atoms with Crippen LogP contribution in [-0.2, 0) is 0 Å². The van der Waals surface area contributed by atoms with Crippen molar-refractivity contribution in [1.29, 1.82) is 0 Å². The van der Waals surface area contributed by atoms with E-state index in [2.05, 4.69) is 4.37 Å². The first-order valence-corrected chi connectivity index (χ1v) is 3.90. The number of nitrogens with zero attached hydrogens (tertiary/aromatic N) is 1. The molecule has 0 aliphatic rings. The van der Waals surface area contributed by atoms with Gasteiger partial charge in [-0.2, -0.15) is 4.37 Å². The minimum Gasteiger partial charge on any atom is -0.476 e. The highest BCUT2D eigenvalue weighted by Gasteiger charge is 1.91. The molecule has 0 spiro atoms. The summed E-state index contributed by atoms with van der Waals surface area (Å²) in [6, 6.07) is 1.82. The van der Waals surface area contributed by atoms with Gasteiger partial charge in [0.15, 0.2) is 0 Å². The predicted octanol–water partition coefficient (Wildman–Crippen LogP) is 1.76. The van der Waals surface area contributed by atoms with Gasteiger partial charge >= 0.3 is 0 Å². The fraction of sp³-hybridized carbons (Fsp3) is 0.400. The largest absolute Gasteiger partial charge is 0.476 e. The molecule has 0 bridgehead atoms. The van der Waals surface area contributed by atoms with Crippen molar-refractivity contribution < 1.29 is 4.74 Å². The van der Waals surface area contributed by atoms with Crippen LogP contribution in [-0.4, -0.2) is 16.9 Å². The molecule has 1 aromatic heterocycles. The number of aromatic nitrogens is 1. The first-order chi connectivity index (χ1) is 4.43. The molecular weight excluding hydrogens is 158 g/mol. The zero-order chi connectivity index (χ0) is 6.53. The molecule has 0 radical (unpaired) electrons. The Morgan fingerprint density at radius 3 is 3.22 bits per heavy atom. The van der Waals surface area contributed by atoms with Crippen LogP contribution in [0.1, 0.15) is 0 Å². The van der Waals surface area contributed by atoms with Gasteiger partial charge in [-0.1, -0.05) is 0 Å². The van der Waals surface area contributed by atoms with Gasteiger partial charge in [0.25, 0.3) is 0 Å². The Morgan fingerprint density at radius 2 is 2.67 bits per heavy atom. The number of hydrogen-bond donors (Lipinski definition) is 0. The maximum atomic E-state index is 5.37. The van der Waals surface area contributed by atoms with Crippen LogP contribution in [0.15, 0.2) is 11.4 Å². The Labute approximate surface area is 62.6 Å². The van der Waals surface area contributed by atoms with Gasteiger partial charge in [-0.25, -0.2) is 0 Å². The zero-order valence-electron chi connectivity index (χ0n) is 4.71. The fourth-order valence-electron chi connectivity index (χ4n) is 0.419. The van der Waals surface area contributed by atoms with Crippen molar-refractivity contribution in [2.45, 2.75) is 0 Å². The Morgan fingerprint density at radius 1 is 1.78 bits per heavy atom. The average Bonchev–Trinajstić information content (AvgIpc) is 2.34. The van der Waals surface area contributed by atoms with E-state index in [0.29, 0.717) is 18.4 Å². The molecule has 50 valence electrons. The van der Waals surface area contributed by atoms with Gasteiger partial charge in [0.1, 0.15) is 6.61 Å². The third-order valence-corrected chi connectivity index (χ3v) is 1.44. The summed E-state index contributed by atoms with van der Waals surface area (Å²) in [6.07, 6.45) is 0. The molecule has 0 atom stereocenters. The molecule has 1 rings (SSSR count). The van der Waals surface area contributed by atoms with E-state index in [0.717, 1.165) is 0 Å². The second kappa shape index (κ2) is 3.69. The molecule has 1 aromatic rings. The van der Waals surface area contributed by atoms with Crippen molar-refractivity contribution in [1.82, 2.24) is 4.37 Å². The molecule has 2 nitrogen and oxygen atoms in total. The second-order valence-electron chi connectivity index (χ2n) is 1.38. The van der Waals surface area contributed by atoms with E-state index in [1.807, 2.05) is 11.4 Å². The Bertz CT molecular complexity index is 154. The van der Waals surface area contributed by atoms with Crippen LogP contribution in [0.4, 0.5) is 0 Å². The van der Waals surface area contributed by atoms with Gasteiger partial charge in [-0.15, -0.1) is 11.6 Å². The number of rotatable bonds is 3. The molecule has 0 unspecified atom stereocenters. The average molecular weight is 164 g/mol. The molecule has 0 aliphatic carbocycles. The number of hydrogen-bond acceptors (Lipinski definition) is 3. The van der Waals surface area contributed by atoms with Gasteiger partial charge in [-0.3, -0.25) is 0 Å².